The first-order valence-corrected chi connectivity index (χ1v) is 11.8. The number of unbranched alkanes of at least 4 members (excludes halogenated alkanes) is 13. The molecule has 0 fully saturated rings. The second-order valence-electron chi connectivity index (χ2n) is 7.67. The maximum absolute atomic E-state index is 11.8. The first-order chi connectivity index (χ1) is 13.7. The molecule has 1 aromatic carbocycles. The van der Waals surface area contributed by atoms with E-state index < -0.39 is 0 Å². The van der Waals surface area contributed by atoms with Crippen molar-refractivity contribution in [1.29, 1.82) is 0 Å². The van der Waals surface area contributed by atoms with E-state index in [4.69, 9.17) is 16.3 Å². The molecule has 4 heteroatoms. The number of para-hydroxylation sites is 1. The number of nitrogens with one attached hydrogen (secondary N) is 1. The molecule has 3 nitrogen and oxygen atoms in total. The van der Waals surface area contributed by atoms with Gasteiger partial charge in [0.25, 0.3) is 5.91 Å². The molecule has 1 rings (SSSR count). The van der Waals surface area contributed by atoms with Crippen LogP contribution in [0.2, 0.25) is 5.02 Å². The van der Waals surface area contributed by atoms with E-state index in [2.05, 4.69) is 12.2 Å². The lowest BCUT2D eigenvalue weighted by Crippen LogP contribution is -2.29. The molecule has 0 aliphatic carbocycles. The van der Waals surface area contributed by atoms with E-state index >= 15 is 0 Å². The number of amides is 1. The summed E-state index contributed by atoms with van der Waals surface area (Å²) >= 11 is 6.00. The maximum atomic E-state index is 11.8. The minimum absolute atomic E-state index is 0.0162. The summed E-state index contributed by atoms with van der Waals surface area (Å²) in [6.07, 6.45) is 18.8. The van der Waals surface area contributed by atoms with Crippen LogP contribution in [0, 0.1) is 0 Å². The van der Waals surface area contributed by atoms with E-state index in [9.17, 15) is 4.79 Å². The van der Waals surface area contributed by atoms with Gasteiger partial charge in [0.1, 0.15) is 5.75 Å². The molecule has 0 aromatic heterocycles. The van der Waals surface area contributed by atoms with Crippen LogP contribution in [0.15, 0.2) is 24.3 Å². The van der Waals surface area contributed by atoms with E-state index in [1.54, 1.807) is 12.1 Å². The molecule has 0 bridgehead atoms. The number of benzene rings is 1. The summed E-state index contributed by atoms with van der Waals surface area (Å²) in [5.74, 6) is 0.463. The average molecular weight is 410 g/mol. The van der Waals surface area contributed by atoms with Crippen LogP contribution in [0.5, 0.6) is 5.75 Å². The Morgan fingerprint density at radius 1 is 0.821 bits per heavy atom. The number of carbonyl (C=O) groups is 1. The Labute approximate surface area is 177 Å². The zero-order chi connectivity index (χ0) is 20.3. The van der Waals surface area contributed by atoms with Gasteiger partial charge in [-0.1, -0.05) is 114 Å². The fourth-order valence-electron chi connectivity index (χ4n) is 3.30. The Morgan fingerprint density at radius 2 is 1.32 bits per heavy atom. The predicted octanol–water partition coefficient (Wildman–Crippen LogP) is 7.32. The van der Waals surface area contributed by atoms with Gasteiger partial charge in [-0.05, 0) is 18.6 Å². The van der Waals surface area contributed by atoms with Crippen molar-refractivity contribution in [3.8, 4) is 5.75 Å². The van der Waals surface area contributed by atoms with Crippen molar-refractivity contribution in [2.24, 2.45) is 0 Å². The summed E-state index contributed by atoms with van der Waals surface area (Å²) < 4.78 is 5.43. The molecule has 0 radical (unpaired) electrons. The van der Waals surface area contributed by atoms with Crippen LogP contribution in [0.1, 0.15) is 96.8 Å². The highest BCUT2D eigenvalue weighted by Crippen LogP contribution is 2.22. The molecular weight excluding hydrogens is 370 g/mol. The van der Waals surface area contributed by atoms with Crippen LogP contribution in [0.25, 0.3) is 0 Å². The molecular formula is C24H40ClNO2. The lowest BCUT2D eigenvalue weighted by molar-refractivity contribution is -0.123. The smallest absolute Gasteiger partial charge is 0.257 e. The van der Waals surface area contributed by atoms with Gasteiger partial charge in [-0.25, -0.2) is 0 Å². The van der Waals surface area contributed by atoms with Crippen LogP contribution >= 0.6 is 11.6 Å². The van der Waals surface area contributed by atoms with Gasteiger partial charge in [-0.2, -0.15) is 0 Å². The summed E-state index contributed by atoms with van der Waals surface area (Å²) in [5, 5.41) is 3.44. The lowest BCUT2D eigenvalue weighted by Gasteiger charge is -2.08. The molecule has 0 saturated heterocycles. The third-order valence-corrected chi connectivity index (χ3v) is 5.36. The van der Waals surface area contributed by atoms with Crippen LogP contribution in [-0.2, 0) is 4.79 Å². The first kappa shape index (κ1) is 24.8. The molecule has 0 atom stereocenters. The quantitative estimate of drug-likeness (QED) is 0.258. The Balaban J connectivity index is 1.81. The Kier molecular flexibility index (Phi) is 15.8. The van der Waals surface area contributed by atoms with Crippen LogP contribution < -0.4 is 10.1 Å². The SMILES string of the molecule is CCCCCCCCCCCCCCCCNC(=O)COc1ccccc1Cl. The Bertz CT molecular complexity index is 507. The average Bonchev–Trinajstić information content (AvgIpc) is 2.70. The Hall–Kier alpha value is -1.22. The van der Waals surface area contributed by atoms with Crippen LogP contribution in [0.3, 0.4) is 0 Å². The molecule has 0 heterocycles. The van der Waals surface area contributed by atoms with Crippen molar-refractivity contribution in [1.82, 2.24) is 5.32 Å². The number of carbonyl (C=O) groups excluding carboxylic acids is 1. The van der Waals surface area contributed by atoms with Gasteiger partial charge in [-0.3, -0.25) is 4.79 Å². The van der Waals surface area contributed by atoms with E-state index in [0.29, 0.717) is 10.8 Å². The van der Waals surface area contributed by atoms with Gasteiger partial charge in [0, 0.05) is 6.54 Å². The van der Waals surface area contributed by atoms with Crippen LogP contribution in [-0.4, -0.2) is 19.1 Å². The number of hydrogen-bond donors (Lipinski definition) is 1. The van der Waals surface area contributed by atoms with Crippen molar-refractivity contribution in [2.75, 3.05) is 13.2 Å². The highest BCUT2D eigenvalue weighted by Gasteiger charge is 2.04. The van der Waals surface area contributed by atoms with Crippen molar-refractivity contribution in [3.05, 3.63) is 29.3 Å². The summed E-state index contributed by atoms with van der Waals surface area (Å²) in [5.41, 5.74) is 0. The molecule has 0 aliphatic rings. The second-order valence-corrected chi connectivity index (χ2v) is 8.07. The second kappa shape index (κ2) is 17.8. The fourth-order valence-corrected chi connectivity index (χ4v) is 3.49. The number of ether oxygens (including phenoxy) is 1. The van der Waals surface area contributed by atoms with Gasteiger partial charge in [0.15, 0.2) is 6.61 Å². The lowest BCUT2D eigenvalue weighted by atomic mass is 10.0. The molecule has 1 N–H and O–H groups in total. The number of hydrogen-bond acceptors (Lipinski definition) is 2. The van der Waals surface area contributed by atoms with Gasteiger partial charge in [0.05, 0.1) is 5.02 Å². The molecule has 0 spiro atoms. The summed E-state index contributed by atoms with van der Waals surface area (Å²) in [6.45, 7) is 3.01. The normalized spacial score (nSPS) is 10.8. The standard InChI is InChI=1S/C24H40ClNO2/c1-2-3-4-5-6-7-8-9-10-11-12-13-14-17-20-26-24(27)21-28-23-19-16-15-18-22(23)25/h15-16,18-19H,2-14,17,20-21H2,1H3,(H,26,27). The minimum atomic E-state index is -0.0883. The van der Waals surface area contributed by atoms with E-state index in [0.717, 1.165) is 13.0 Å². The predicted molar refractivity (Wildman–Crippen MR) is 120 cm³/mol. The Morgan fingerprint density at radius 3 is 1.86 bits per heavy atom. The van der Waals surface area contributed by atoms with Gasteiger partial charge < -0.3 is 10.1 Å². The summed E-state index contributed by atoms with van der Waals surface area (Å²) in [6, 6.07) is 7.20. The van der Waals surface area contributed by atoms with Gasteiger partial charge in [0.2, 0.25) is 0 Å². The summed E-state index contributed by atoms with van der Waals surface area (Å²) in [4.78, 5) is 11.8. The van der Waals surface area contributed by atoms with E-state index in [-0.39, 0.29) is 12.5 Å². The van der Waals surface area contributed by atoms with Crippen molar-refractivity contribution in [3.63, 3.8) is 0 Å². The van der Waals surface area contributed by atoms with E-state index in [1.165, 1.54) is 83.5 Å². The molecule has 1 aromatic rings. The molecule has 0 aliphatic heterocycles. The topological polar surface area (TPSA) is 38.3 Å². The summed E-state index contributed by atoms with van der Waals surface area (Å²) in [7, 11) is 0. The number of halogens is 1. The zero-order valence-corrected chi connectivity index (χ0v) is 18.6. The first-order valence-electron chi connectivity index (χ1n) is 11.4. The molecule has 0 saturated carbocycles. The largest absolute Gasteiger partial charge is 0.482 e. The van der Waals surface area contributed by atoms with Crippen LogP contribution in [0.4, 0.5) is 0 Å². The molecule has 0 unspecified atom stereocenters. The fraction of sp³-hybridized carbons (Fsp3) is 0.708. The zero-order valence-electron chi connectivity index (χ0n) is 17.8. The minimum Gasteiger partial charge on any atom is -0.482 e. The highest BCUT2D eigenvalue weighted by atomic mass is 35.5. The molecule has 160 valence electrons. The molecule has 1 amide bonds. The van der Waals surface area contributed by atoms with Crippen molar-refractivity contribution in [2.45, 2.75) is 96.8 Å². The monoisotopic (exact) mass is 409 g/mol. The van der Waals surface area contributed by atoms with E-state index in [1.807, 2.05) is 12.1 Å². The third kappa shape index (κ3) is 13.9. The maximum Gasteiger partial charge on any atom is 0.257 e. The van der Waals surface area contributed by atoms with Crippen molar-refractivity contribution >= 4 is 17.5 Å². The highest BCUT2D eigenvalue weighted by molar-refractivity contribution is 6.32. The number of rotatable bonds is 18. The van der Waals surface area contributed by atoms with Crippen molar-refractivity contribution < 1.29 is 9.53 Å². The molecule has 28 heavy (non-hydrogen) atoms. The van der Waals surface area contributed by atoms with Gasteiger partial charge >= 0.3 is 0 Å². The third-order valence-electron chi connectivity index (χ3n) is 5.05. The van der Waals surface area contributed by atoms with Gasteiger partial charge in [-0.15, -0.1) is 0 Å².